The normalized spacial score (nSPS) is 11.8. The monoisotopic (exact) mass is 226 g/mol. The van der Waals surface area contributed by atoms with Gasteiger partial charge in [-0.25, -0.2) is 14.8 Å². The van der Waals surface area contributed by atoms with Gasteiger partial charge in [0.25, 0.3) is 0 Å². The van der Waals surface area contributed by atoms with Gasteiger partial charge in [-0.15, -0.1) is 0 Å². The van der Waals surface area contributed by atoms with Crippen molar-refractivity contribution in [2.75, 3.05) is 0 Å². The average Bonchev–Trinajstić information content (AvgIpc) is 2.18. The Labute approximate surface area is 90.7 Å². The van der Waals surface area contributed by atoms with Gasteiger partial charge >= 0.3 is 6.03 Å². The summed E-state index contributed by atoms with van der Waals surface area (Å²) in [6.45, 7) is 1.64. The first kappa shape index (κ1) is 11.4. The van der Waals surface area contributed by atoms with E-state index >= 15 is 0 Å². The number of urea groups is 1. The van der Waals surface area contributed by atoms with Crippen molar-refractivity contribution >= 4 is 23.7 Å². The minimum atomic E-state index is -0.860. The Balaban J connectivity index is 2.52. The lowest BCUT2D eigenvalue weighted by Gasteiger charge is -2.07. The van der Waals surface area contributed by atoms with E-state index in [1.807, 2.05) is 5.32 Å². The third kappa shape index (κ3) is 3.94. The van der Waals surface area contributed by atoms with Crippen molar-refractivity contribution < 1.29 is 9.59 Å². The molecule has 6 nitrogen and oxygen atoms in total. The van der Waals surface area contributed by atoms with Crippen LogP contribution in [0.15, 0.2) is 23.6 Å². The highest BCUT2D eigenvalue weighted by Crippen LogP contribution is 2.17. The summed E-state index contributed by atoms with van der Waals surface area (Å²) in [5, 5.41) is 1.99. The number of hydrogen-bond acceptors (Lipinski definition) is 5. The molecule has 0 bridgehead atoms. The summed E-state index contributed by atoms with van der Waals surface area (Å²) < 4.78 is 0. The molecular weight excluding hydrogens is 216 g/mol. The Morgan fingerprint density at radius 1 is 1.47 bits per heavy atom. The van der Waals surface area contributed by atoms with Gasteiger partial charge in [-0.05, 0) is 13.0 Å². The second-order valence-electron chi connectivity index (χ2n) is 2.64. The molecule has 0 radical (unpaired) electrons. The van der Waals surface area contributed by atoms with E-state index in [1.54, 1.807) is 25.4 Å². The van der Waals surface area contributed by atoms with Crippen molar-refractivity contribution in [1.82, 2.24) is 15.3 Å². The molecule has 0 saturated carbocycles. The molecule has 0 aliphatic heterocycles. The number of primary amides is 1. The molecule has 7 heteroatoms. The lowest BCUT2D eigenvalue weighted by Crippen LogP contribution is -2.39. The Morgan fingerprint density at radius 2 is 2.07 bits per heavy atom. The van der Waals surface area contributed by atoms with Gasteiger partial charge in [0.15, 0.2) is 5.16 Å². The number of carbonyl (C=O) groups excluding carboxylic acids is 2. The maximum atomic E-state index is 11.3. The van der Waals surface area contributed by atoms with Crippen LogP contribution in [-0.2, 0) is 4.79 Å². The van der Waals surface area contributed by atoms with Crippen LogP contribution >= 0.6 is 11.8 Å². The van der Waals surface area contributed by atoms with Crippen molar-refractivity contribution in [2.45, 2.75) is 17.3 Å². The van der Waals surface area contributed by atoms with E-state index in [2.05, 4.69) is 9.97 Å². The van der Waals surface area contributed by atoms with Crippen LogP contribution in [0.4, 0.5) is 4.79 Å². The SMILES string of the molecule is C[C@@H](Sc1ncccn1)C(=O)NC(N)=O. The summed E-state index contributed by atoms with van der Waals surface area (Å²) in [6, 6.07) is 0.819. The van der Waals surface area contributed by atoms with Crippen molar-refractivity contribution in [3.8, 4) is 0 Å². The summed E-state index contributed by atoms with van der Waals surface area (Å²) in [5.41, 5.74) is 4.81. The number of nitrogens with two attached hydrogens (primary N) is 1. The van der Waals surface area contributed by atoms with Gasteiger partial charge in [-0.2, -0.15) is 0 Å². The highest BCUT2D eigenvalue weighted by atomic mass is 32.2. The van der Waals surface area contributed by atoms with E-state index in [-0.39, 0.29) is 0 Å². The summed E-state index contributed by atoms with van der Waals surface area (Å²) in [7, 11) is 0. The predicted octanol–water partition coefficient (Wildman–Crippen LogP) is 0.152. The molecule has 1 aromatic rings. The van der Waals surface area contributed by atoms with Gasteiger partial charge in [-0.1, -0.05) is 11.8 Å². The van der Waals surface area contributed by atoms with Gasteiger partial charge in [0.2, 0.25) is 5.91 Å². The number of nitrogens with zero attached hydrogens (tertiary/aromatic N) is 2. The zero-order valence-electron chi connectivity index (χ0n) is 8.01. The molecule has 1 aromatic heterocycles. The molecule has 0 unspecified atom stereocenters. The molecule has 15 heavy (non-hydrogen) atoms. The van der Waals surface area contributed by atoms with Gasteiger partial charge in [0, 0.05) is 12.4 Å². The zero-order chi connectivity index (χ0) is 11.3. The van der Waals surface area contributed by atoms with Gasteiger partial charge < -0.3 is 5.73 Å². The van der Waals surface area contributed by atoms with Gasteiger partial charge in [0.05, 0.1) is 5.25 Å². The van der Waals surface area contributed by atoms with Crippen LogP contribution in [0.2, 0.25) is 0 Å². The number of thioether (sulfide) groups is 1. The van der Waals surface area contributed by atoms with Crippen molar-refractivity contribution in [3.05, 3.63) is 18.5 Å². The van der Waals surface area contributed by atoms with Crippen LogP contribution in [0.25, 0.3) is 0 Å². The fraction of sp³-hybridized carbons (Fsp3) is 0.250. The number of aromatic nitrogens is 2. The second kappa shape index (κ2) is 5.30. The van der Waals surface area contributed by atoms with Crippen LogP contribution in [0, 0.1) is 0 Å². The molecule has 0 spiro atoms. The summed E-state index contributed by atoms with van der Waals surface area (Å²) in [5.74, 6) is -0.458. The van der Waals surface area contributed by atoms with E-state index in [1.165, 1.54) is 0 Å². The molecule has 0 aromatic carbocycles. The van der Waals surface area contributed by atoms with Crippen LogP contribution in [0.5, 0.6) is 0 Å². The van der Waals surface area contributed by atoms with Crippen molar-refractivity contribution in [1.29, 1.82) is 0 Å². The molecule has 1 heterocycles. The average molecular weight is 226 g/mol. The van der Waals surface area contributed by atoms with E-state index in [0.29, 0.717) is 5.16 Å². The number of hydrogen-bond donors (Lipinski definition) is 2. The van der Waals surface area contributed by atoms with Crippen molar-refractivity contribution in [3.63, 3.8) is 0 Å². The first-order valence-corrected chi connectivity index (χ1v) is 5.01. The fourth-order valence-corrected chi connectivity index (χ4v) is 1.51. The molecule has 0 aliphatic rings. The Hall–Kier alpha value is -1.63. The molecular formula is C8H10N4O2S. The van der Waals surface area contributed by atoms with Gasteiger partial charge in [0.1, 0.15) is 0 Å². The molecule has 3 N–H and O–H groups in total. The van der Waals surface area contributed by atoms with E-state index in [4.69, 9.17) is 5.73 Å². The lowest BCUT2D eigenvalue weighted by atomic mass is 10.4. The largest absolute Gasteiger partial charge is 0.351 e. The van der Waals surface area contributed by atoms with Crippen LogP contribution < -0.4 is 11.1 Å². The quantitative estimate of drug-likeness (QED) is 0.564. The highest BCUT2D eigenvalue weighted by Gasteiger charge is 2.16. The summed E-state index contributed by atoms with van der Waals surface area (Å²) in [6.07, 6.45) is 3.15. The number of carbonyl (C=O) groups is 2. The molecule has 3 amide bonds. The topological polar surface area (TPSA) is 98.0 Å². The van der Waals surface area contributed by atoms with Crippen LogP contribution in [0.1, 0.15) is 6.92 Å². The van der Waals surface area contributed by atoms with Crippen molar-refractivity contribution in [2.24, 2.45) is 5.73 Å². The Kier molecular flexibility index (Phi) is 4.04. The molecule has 1 rings (SSSR count). The predicted molar refractivity (Wildman–Crippen MR) is 55.1 cm³/mol. The number of rotatable bonds is 3. The summed E-state index contributed by atoms with van der Waals surface area (Å²) in [4.78, 5) is 29.6. The molecule has 0 saturated heterocycles. The maximum absolute atomic E-state index is 11.3. The van der Waals surface area contributed by atoms with E-state index < -0.39 is 17.2 Å². The Bertz CT molecular complexity index is 357. The van der Waals surface area contributed by atoms with E-state index in [9.17, 15) is 9.59 Å². The standard InChI is InChI=1S/C8H10N4O2S/c1-5(6(13)12-7(9)14)15-8-10-3-2-4-11-8/h2-5H,1H3,(H3,9,12,13,14)/t5-/m1/s1. The number of nitrogens with one attached hydrogen (secondary N) is 1. The second-order valence-corrected chi connectivity index (χ2v) is 3.95. The third-order valence-corrected chi connectivity index (χ3v) is 2.43. The molecule has 80 valence electrons. The molecule has 0 aliphatic carbocycles. The summed E-state index contributed by atoms with van der Waals surface area (Å²) >= 11 is 1.15. The van der Waals surface area contributed by atoms with Crippen LogP contribution in [-0.4, -0.2) is 27.2 Å². The molecule has 1 atom stereocenters. The van der Waals surface area contributed by atoms with Crippen LogP contribution in [0.3, 0.4) is 0 Å². The highest BCUT2D eigenvalue weighted by molar-refractivity contribution is 8.00. The number of imide groups is 1. The Morgan fingerprint density at radius 3 is 2.60 bits per heavy atom. The zero-order valence-corrected chi connectivity index (χ0v) is 8.82. The third-order valence-electron chi connectivity index (χ3n) is 1.44. The first-order chi connectivity index (χ1) is 7.09. The van der Waals surface area contributed by atoms with Gasteiger partial charge in [-0.3, -0.25) is 10.1 Å². The first-order valence-electron chi connectivity index (χ1n) is 4.13. The number of amides is 3. The lowest BCUT2D eigenvalue weighted by molar-refractivity contribution is -0.119. The minimum absolute atomic E-state index is 0.458. The minimum Gasteiger partial charge on any atom is -0.351 e. The smallest absolute Gasteiger partial charge is 0.318 e. The fourth-order valence-electron chi connectivity index (χ4n) is 0.781. The maximum Gasteiger partial charge on any atom is 0.318 e. The van der Waals surface area contributed by atoms with E-state index in [0.717, 1.165) is 11.8 Å². The molecule has 0 fully saturated rings.